The normalized spacial score (nSPS) is 10.5. The van der Waals surface area contributed by atoms with Crippen molar-refractivity contribution in [2.75, 3.05) is 5.32 Å². The lowest BCUT2D eigenvalue weighted by Crippen LogP contribution is -2.18. The first kappa shape index (κ1) is 24.0. The Balaban J connectivity index is 0.000000917. The Morgan fingerprint density at radius 3 is 2.43 bits per heavy atom. The highest BCUT2D eigenvalue weighted by molar-refractivity contribution is 6.33. The second-order valence-corrected chi connectivity index (χ2v) is 8.04. The monoisotopic (exact) mass is 507 g/mol. The molecule has 0 bridgehead atoms. The number of nitrogens with zero attached hydrogens (tertiary/aromatic N) is 3. The topological polar surface area (TPSA) is 113 Å². The number of hydrogen-bond acceptors (Lipinski definition) is 5. The quantitative estimate of drug-likeness (QED) is 0.274. The minimum Gasteiger partial charge on any atom is -0.483 e. The van der Waals surface area contributed by atoms with Gasteiger partial charge in [-0.3, -0.25) is 14.2 Å². The minimum absolute atomic E-state index is 0.195. The lowest BCUT2D eigenvalue weighted by Gasteiger charge is -2.16. The third kappa shape index (κ3) is 5.18. The molecule has 0 atom stereocenters. The molecule has 0 saturated heterocycles. The van der Waals surface area contributed by atoms with Gasteiger partial charge in [-0.1, -0.05) is 53.5 Å². The molecule has 0 aliphatic carbocycles. The van der Waals surface area contributed by atoms with Crippen molar-refractivity contribution in [3.8, 4) is 16.9 Å². The number of hydrogen-bond donors (Lipinski definition) is 3. The second-order valence-electron chi connectivity index (χ2n) is 7.22. The molecule has 5 rings (SSSR count). The van der Waals surface area contributed by atoms with Crippen LogP contribution < -0.4 is 10.9 Å². The molecule has 0 saturated carbocycles. The molecule has 0 amide bonds. The van der Waals surface area contributed by atoms with Gasteiger partial charge >= 0.3 is 0 Å². The molecule has 3 N–H and O–H groups in total. The molecule has 0 radical (unpaired) electrons. The molecule has 3 aromatic heterocycles. The summed E-state index contributed by atoms with van der Waals surface area (Å²) >= 11 is 13.0. The van der Waals surface area contributed by atoms with Crippen LogP contribution in [0.25, 0.3) is 27.8 Å². The van der Waals surface area contributed by atoms with Crippen LogP contribution in [0.2, 0.25) is 10.0 Å². The molecule has 176 valence electrons. The highest BCUT2D eigenvalue weighted by Gasteiger charge is 2.16. The molecule has 3 heterocycles. The molecule has 0 aliphatic rings. The second kappa shape index (κ2) is 10.9. The van der Waals surface area contributed by atoms with Crippen molar-refractivity contribution in [3.63, 3.8) is 0 Å². The summed E-state index contributed by atoms with van der Waals surface area (Å²) in [4.78, 5) is 33.5. The van der Waals surface area contributed by atoms with Crippen molar-refractivity contribution in [1.29, 1.82) is 0 Å². The summed E-state index contributed by atoms with van der Waals surface area (Å²) in [6, 6.07) is 19.9. The van der Waals surface area contributed by atoms with Gasteiger partial charge in [-0.05, 0) is 24.3 Å². The third-order valence-electron chi connectivity index (χ3n) is 5.10. The Morgan fingerprint density at radius 1 is 1.03 bits per heavy atom. The maximum absolute atomic E-state index is 13.0. The van der Waals surface area contributed by atoms with E-state index in [1.54, 1.807) is 29.1 Å². The maximum atomic E-state index is 13.0. The number of carbonyl (C=O) groups is 1. The Labute approximate surface area is 209 Å². The lowest BCUT2D eigenvalue weighted by atomic mass is 10.1. The number of rotatable bonds is 5. The van der Waals surface area contributed by atoms with E-state index in [4.69, 9.17) is 38.1 Å². The fourth-order valence-corrected chi connectivity index (χ4v) is 4.08. The van der Waals surface area contributed by atoms with Gasteiger partial charge in [0.2, 0.25) is 0 Å². The maximum Gasteiger partial charge on any atom is 0.290 e. The summed E-state index contributed by atoms with van der Waals surface area (Å²) in [6.07, 6.45) is 3.45. The largest absolute Gasteiger partial charge is 0.483 e. The van der Waals surface area contributed by atoms with E-state index in [1.165, 1.54) is 6.07 Å². The van der Waals surface area contributed by atoms with E-state index in [2.05, 4.69) is 15.3 Å². The van der Waals surface area contributed by atoms with Gasteiger partial charge in [0.05, 0.1) is 28.5 Å². The standard InChI is InChI=1S/C24H17Cl2N5O.CH2O2/c25-17-6-2-1-5-15(17)24-16-9-10-23(32)31(19-8-4-3-7-18(19)26)20(16)13-21(30-24)29-14-22-27-11-12-28-22;2-1-3/h1-13H,14H2,(H,27,28)(H,29,30);1H,(H,2,3). The zero-order valence-electron chi connectivity index (χ0n) is 18.2. The number of fused-ring (bicyclic) bond motifs is 1. The average molecular weight is 508 g/mol. The SMILES string of the molecule is O=CO.O=c1ccc2c(-c3ccccc3Cl)nc(NCc3ncc[nH]3)cc2n1-c1ccccc1Cl. The van der Waals surface area contributed by atoms with Gasteiger partial charge in [-0.25, -0.2) is 9.97 Å². The molecular formula is C25H19Cl2N5O3. The van der Waals surface area contributed by atoms with Gasteiger partial charge in [-0.2, -0.15) is 0 Å². The number of aromatic amines is 1. The van der Waals surface area contributed by atoms with Crippen LogP contribution in [0.5, 0.6) is 0 Å². The molecular weight excluding hydrogens is 489 g/mol. The summed E-state index contributed by atoms with van der Waals surface area (Å²) in [5.41, 5.74) is 2.50. The van der Waals surface area contributed by atoms with Crippen molar-refractivity contribution >= 4 is 46.4 Å². The number of carboxylic acid groups (broad SMARTS) is 1. The van der Waals surface area contributed by atoms with Crippen LogP contribution in [-0.2, 0) is 11.3 Å². The first-order chi connectivity index (χ1) is 17.0. The fraction of sp³-hybridized carbons (Fsp3) is 0.0400. The Bertz CT molecular complexity index is 1530. The Hall–Kier alpha value is -4.14. The van der Waals surface area contributed by atoms with Crippen LogP contribution in [0.4, 0.5) is 5.82 Å². The van der Waals surface area contributed by atoms with Crippen molar-refractivity contribution in [2.45, 2.75) is 6.54 Å². The summed E-state index contributed by atoms with van der Waals surface area (Å²) in [5, 5.41) is 12.0. The number of H-pyrrole nitrogens is 1. The van der Waals surface area contributed by atoms with Crippen molar-refractivity contribution in [3.05, 3.63) is 105 Å². The van der Waals surface area contributed by atoms with E-state index in [9.17, 15) is 4.79 Å². The number of aromatic nitrogens is 4. The zero-order valence-corrected chi connectivity index (χ0v) is 19.7. The van der Waals surface area contributed by atoms with Crippen LogP contribution in [0.3, 0.4) is 0 Å². The average Bonchev–Trinajstić information content (AvgIpc) is 3.38. The summed E-state index contributed by atoms with van der Waals surface area (Å²) in [7, 11) is 0. The highest BCUT2D eigenvalue weighted by Crippen LogP contribution is 2.34. The molecule has 0 unspecified atom stereocenters. The molecule has 5 aromatic rings. The van der Waals surface area contributed by atoms with Crippen molar-refractivity contribution in [2.24, 2.45) is 0 Å². The van der Waals surface area contributed by atoms with Gasteiger partial charge in [0.15, 0.2) is 0 Å². The minimum atomic E-state index is -0.250. The lowest BCUT2D eigenvalue weighted by molar-refractivity contribution is -0.122. The number of halogens is 2. The first-order valence-electron chi connectivity index (χ1n) is 10.4. The van der Waals surface area contributed by atoms with E-state index in [-0.39, 0.29) is 12.0 Å². The number of nitrogens with one attached hydrogen (secondary N) is 2. The van der Waals surface area contributed by atoms with Crippen LogP contribution >= 0.6 is 23.2 Å². The van der Waals surface area contributed by atoms with Gasteiger partial charge in [0, 0.05) is 40.5 Å². The van der Waals surface area contributed by atoms with Crippen LogP contribution in [0.15, 0.2) is 83.9 Å². The number of para-hydroxylation sites is 1. The predicted molar refractivity (Wildman–Crippen MR) is 137 cm³/mol. The zero-order chi connectivity index (χ0) is 24.8. The van der Waals surface area contributed by atoms with Gasteiger partial charge in [-0.15, -0.1) is 0 Å². The van der Waals surface area contributed by atoms with Gasteiger partial charge in [0.25, 0.3) is 12.0 Å². The molecule has 0 fully saturated rings. The van der Waals surface area contributed by atoms with E-state index >= 15 is 0 Å². The van der Waals surface area contributed by atoms with E-state index in [0.29, 0.717) is 39.3 Å². The Kier molecular flexibility index (Phi) is 7.45. The molecule has 10 heteroatoms. The number of benzene rings is 2. The molecule has 8 nitrogen and oxygen atoms in total. The van der Waals surface area contributed by atoms with Crippen LogP contribution in [0, 0.1) is 0 Å². The summed E-state index contributed by atoms with van der Waals surface area (Å²) < 4.78 is 1.60. The number of imidazole rings is 1. The molecule has 0 spiro atoms. The van der Waals surface area contributed by atoms with E-state index < -0.39 is 0 Å². The Morgan fingerprint density at radius 2 is 1.74 bits per heavy atom. The number of pyridine rings is 2. The van der Waals surface area contributed by atoms with Gasteiger partial charge < -0.3 is 15.4 Å². The predicted octanol–water partition coefficient (Wildman–Crippen LogP) is 5.40. The highest BCUT2D eigenvalue weighted by atomic mass is 35.5. The van der Waals surface area contributed by atoms with Gasteiger partial charge in [0.1, 0.15) is 11.6 Å². The smallest absolute Gasteiger partial charge is 0.290 e. The van der Waals surface area contributed by atoms with Crippen molar-refractivity contribution in [1.82, 2.24) is 19.5 Å². The fourth-order valence-electron chi connectivity index (χ4n) is 3.64. The third-order valence-corrected chi connectivity index (χ3v) is 5.75. The van der Waals surface area contributed by atoms with E-state index in [1.807, 2.05) is 48.5 Å². The first-order valence-corrected chi connectivity index (χ1v) is 11.2. The summed E-state index contributed by atoms with van der Waals surface area (Å²) in [5.74, 6) is 1.35. The molecule has 2 aromatic carbocycles. The number of anilines is 1. The van der Waals surface area contributed by atoms with Crippen LogP contribution in [-0.4, -0.2) is 31.1 Å². The van der Waals surface area contributed by atoms with E-state index in [0.717, 1.165) is 16.8 Å². The van der Waals surface area contributed by atoms with Crippen molar-refractivity contribution < 1.29 is 9.90 Å². The molecule has 35 heavy (non-hydrogen) atoms. The summed E-state index contributed by atoms with van der Waals surface area (Å²) in [6.45, 7) is 0.191. The van der Waals surface area contributed by atoms with Crippen LogP contribution in [0.1, 0.15) is 5.82 Å². The molecule has 0 aliphatic heterocycles.